The predicted octanol–water partition coefficient (Wildman–Crippen LogP) is 2.81. The molecule has 4 rings (SSSR count). The highest BCUT2D eigenvalue weighted by molar-refractivity contribution is 5.96. The molecule has 0 saturated carbocycles. The largest absolute Gasteiger partial charge is 0.417 e. The molecule has 2 amide bonds. The smallest absolute Gasteiger partial charge is 0.362 e. The molecule has 0 bridgehead atoms. The van der Waals surface area contributed by atoms with E-state index in [-0.39, 0.29) is 23.8 Å². The maximum absolute atomic E-state index is 12.7. The Bertz CT molecular complexity index is 1170. The van der Waals surface area contributed by atoms with E-state index in [0.717, 1.165) is 31.1 Å². The van der Waals surface area contributed by atoms with Gasteiger partial charge in [0, 0.05) is 18.4 Å². The van der Waals surface area contributed by atoms with Crippen LogP contribution in [-0.4, -0.2) is 39.7 Å². The summed E-state index contributed by atoms with van der Waals surface area (Å²) in [6.07, 6.45) is -0.633. The van der Waals surface area contributed by atoms with Crippen molar-refractivity contribution in [1.29, 1.82) is 0 Å². The highest BCUT2D eigenvalue weighted by Gasteiger charge is 2.31. The molecular formula is C22H21F3N6O2. The van der Waals surface area contributed by atoms with Crippen LogP contribution >= 0.6 is 0 Å². The number of fused-ring (bicyclic) bond motifs is 1. The number of anilines is 1. The first-order valence-corrected chi connectivity index (χ1v) is 10.2. The third kappa shape index (κ3) is 4.81. The second kappa shape index (κ2) is 8.93. The number of aromatic nitrogens is 3. The topological polar surface area (TPSA) is 92.2 Å². The minimum Gasteiger partial charge on any atom is -0.362 e. The lowest BCUT2D eigenvalue weighted by atomic mass is 10.0. The Morgan fingerprint density at radius 3 is 2.61 bits per heavy atom. The van der Waals surface area contributed by atoms with Gasteiger partial charge in [-0.25, -0.2) is 9.67 Å². The summed E-state index contributed by atoms with van der Waals surface area (Å²) in [5.41, 5.74) is 6.58. The summed E-state index contributed by atoms with van der Waals surface area (Å²) < 4.78 is 39.4. The van der Waals surface area contributed by atoms with Gasteiger partial charge in [-0.05, 0) is 43.5 Å². The molecule has 0 saturated heterocycles. The van der Waals surface area contributed by atoms with E-state index in [4.69, 9.17) is 0 Å². The summed E-state index contributed by atoms with van der Waals surface area (Å²) in [4.78, 5) is 30.7. The normalized spacial score (nSPS) is 13.4. The van der Waals surface area contributed by atoms with Crippen LogP contribution in [0.15, 0.2) is 48.8 Å². The van der Waals surface area contributed by atoms with Crippen molar-refractivity contribution in [3.8, 4) is 5.82 Å². The Morgan fingerprint density at radius 2 is 1.88 bits per heavy atom. The average molecular weight is 458 g/mol. The van der Waals surface area contributed by atoms with Crippen LogP contribution in [0.2, 0.25) is 0 Å². The molecule has 0 fully saturated rings. The van der Waals surface area contributed by atoms with Crippen molar-refractivity contribution in [3.05, 3.63) is 71.2 Å². The molecule has 0 aliphatic carbocycles. The summed E-state index contributed by atoms with van der Waals surface area (Å²) >= 11 is 0. The molecule has 2 N–H and O–H groups in total. The number of hydrogen-bond donors (Lipinski definition) is 2. The molecule has 0 unspecified atom stereocenters. The number of hydrogen-bond acceptors (Lipinski definition) is 5. The number of alkyl halides is 3. The maximum atomic E-state index is 12.7. The van der Waals surface area contributed by atoms with Crippen LogP contribution in [0.3, 0.4) is 0 Å². The zero-order valence-electron chi connectivity index (χ0n) is 17.7. The predicted molar refractivity (Wildman–Crippen MR) is 114 cm³/mol. The fraction of sp³-hybridized carbons (Fsp3) is 0.273. The van der Waals surface area contributed by atoms with Crippen LogP contribution in [0.25, 0.3) is 5.82 Å². The molecule has 1 aliphatic heterocycles. The van der Waals surface area contributed by atoms with E-state index in [1.54, 1.807) is 6.92 Å². The average Bonchev–Trinajstić information content (AvgIpc) is 3.18. The number of carbonyl (C=O) groups excluding carboxylic acids is 2. The molecular weight excluding hydrogens is 437 g/mol. The van der Waals surface area contributed by atoms with E-state index in [9.17, 15) is 22.8 Å². The first-order valence-electron chi connectivity index (χ1n) is 10.2. The van der Waals surface area contributed by atoms with Crippen molar-refractivity contribution < 1.29 is 22.8 Å². The Morgan fingerprint density at radius 1 is 1.09 bits per heavy atom. The number of aryl methyl sites for hydroxylation is 1. The molecule has 2 aromatic heterocycles. The number of para-hydroxylation sites is 1. The lowest BCUT2D eigenvalue weighted by Gasteiger charge is -2.30. The van der Waals surface area contributed by atoms with Crippen molar-refractivity contribution in [2.24, 2.45) is 0 Å². The first-order chi connectivity index (χ1) is 15.7. The van der Waals surface area contributed by atoms with Crippen LogP contribution in [0, 0.1) is 6.92 Å². The SMILES string of the molecule is Cc1c(C(=O)NNC(=O)CN2CCCc3ccccc32)cnn1-c1ccc(C(F)(F)F)cn1. The summed E-state index contributed by atoms with van der Waals surface area (Å²) in [5.74, 6) is -0.847. The molecule has 33 heavy (non-hydrogen) atoms. The van der Waals surface area contributed by atoms with E-state index in [1.165, 1.54) is 22.5 Å². The number of benzene rings is 1. The van der Waals surface area contributed by atoms with Crippen molar-refractivity contribution in [2.75, 3.05) is 18.0 Å². The van der Waals surface area contributed by atoms with Crippen LogP contribution in [0.5, 0.6) is 0 Å². The number of carbonyl (C=O) groups is 2. The first kappa shape index (κ1) is 22.3. The van der Waals surface area contributed by atoms with Gasteiger partial charge in [0.15, 0.2) is 5.82 Å². The molecule has 0 spiro atoms. The molecule has 172 valence electrons. The molecule has 8 nitrogen and oxygen atoms in total. The Labute approximate surface area is 187 Å². The molecule has 1 aromatic carbocycles. The summed E-state index contributed by atoms with van der Waals surface area (Å²) in [5, 5.41) is 4.04. The minimum atomic E-state index is -4.50. The van der Waals surface area contributed by atoms with Crippen LogP contribution < -0.4 is 15.8 Å². The highest BCUT2D eigenvalue weighted by atomic mass is 19.4. The van der Waals surface area contributed by atoms with Crippen LogP contribution in [0.1, 0.15) is 33.6 Å². The van der Waals surface area contributed by atoms with E-state index in [2.05, 4.69) is 20.9 Å². The highest BCUT2D eigenvalue weighted by Crippen LogP contribution is 2.29. The number of nitrogens with one attached hydrogen (secondary N) is 2. The zero-order chi connectivity index (χ0) is 23.6. The number of rotatable bonds is 4. The minimum absolute atomic E-state index is 0.0883. The van der Waals surface area contributed by atoms with Gasteiger partial charge in [0.2, 0.25) is 0 Å². The fourth-order valence-electron chi connectivity index (χ4n) is 3.72. The van der Waals surface area contributed by atoms with E-state index >= 15 is 0 Å². The lowest BCUT2D eigenvalue weighted by Crippen LogP contribution is -2.47. The van der Waals surface area contributed by atoms with Gasteiger partial charge in [-0.3, -0.25) is 20.4 Å². The van der Waals surface area contributed by atoms with Crippen molar-refractivity contribution in [3.63, 3.8) is 0 Å². The van der Waals surface area contributed by atoms with Gasteiger partial charge < -0.3 is 4.90 Å². The van der Waals surface area contributed by atoms with Crippen LogP contribution in [0.4, 0.5) is 18.9 Å². The third-order valence-electron chi connectivity index (χ3n) is 5.40. The van der Waals surface area contributed by atoms with Crippen molar-refractivity contribution in [1.82, 2.24) is 25.6 Å². The molecule has 11 heteroatoms. The maximum Gasteiger partial charge on any atom is 0.417 e. The van der Waals surface area contributed by atoms with Gasteiger partial charge in [0.1, 0.15) is 0 Å². The Hall–Kier alpha value is -3.89. The molecule has 0 radical (unpaired) electrons. The van der Waals surface area contributed by atoms with Gasteiger partial charge in [0.25, 0.3) is 11.8 Å². The lowest BCUT2D eigenvalue weighted by molar-refractivity contribution is -0.137. The number of pyridine rings is 1. The van der Waals surface area contributed by atoms with Crippen molar-refractivity contribution in [2.45, 2.75) is 25.9 Å². The Kier molecular flexibility index (Phi) is 6.03. The van der Waals surface area contributed by atoms with E-state index < -0.39 is 17.6 Å². The zero-order valence-corrected chi connectivity index (χ0v) is 17.7. The van der Waals surface area contributed by atoms with Gasteiger partial charge in [0.05, 0.1) is 29.6 Å². The quantitative estimate of drug-likeness (QED) is 0.587. The standard InChI is InChI=1S/C22H21F3N6O2/c1-14-17(12-27-31(14)19-9-8-16(11-26-19)22(23,24)25)21(33)29-28-20(32)13-30-10-4-6-15-5-2-3-7-18(15)30/h2-3,5,7-9,11-12H,4,6,10,13H2,1H3,(H,28,32)(H,29,33). The number of amides is 2. The second-order valence-corrected chi connectivity index (χ2v) is 7.61. The molecule has 1 aliphatic rings. The second-order valence-electron chi connectivity index (χ2n) is 7.61. The van der Waals surface area contributed by atoms with Gasteiger partial charge in [-0.1, -0.05) is 18.2 Å². The summed E-state index contributed by atoms with van der Waals surface area (Å²) in [7, 11) is 0. The third-order valence-corrected chi connectivity index (χ3v) is 5.40. The number of hydrazine groups is 1. The van der Waals surface area contributed by atoms with Crippen molar-refractivity contribution >= 4 is 17.5 Å². The fourth-order valence-corrected chi connectivity index (χ4v) is 3.72. The van der Waals surface area contributed by atoms with E-state index in [1.807, 2.05) is 29.2 Å². The number of nitrogens with zero attached hydrogens (tertiary/aromatic N) is 4. The van der Waals surface area contributed by atoms with Gasteiger partial charge >= 0.3 is 6.18 Å². The van der Waals surface area contributed by atoms with Gasteiger partial charge in [-0.2, -0.15) is 18.3 Å². The van der Waals surface area contributed by atoms with E-state index in [0.29, 0.717) is 11.9 Å². The number of halogens is 3. The van der Waals surface area contributed by atoms with Crippen LogP contribution in [-0.2, 0) is 17.4 Å². The molecule has 3 aromatic rings. The molecule has 0 atom stereocenters. The Balaban J connectivity index is 1.38. The summed E-state index contributed by atoms with van der Waals surface area (Å²) in [6.45, 7) is 2.41. The van der Waals surface area contributed by atoms with Gasteiger partial charge in [-0.15, -0.1) is 0 Å². The monoisotopic (exact) mass is 458 g/mol. The molecule has 3 heterocycles. The summed E-state index contributed by atoms with van der Waals surface area (Å²) in [6, 6.07) is 9.94.